The van der Waals surface area contributed by atoms with E-state index in [1.54, 1.807) is 12.1 Å². The Balaban J connectivity index is 2.78. The van der Waals surface area contributed by atoms with Crippen LogP contribution in [0.4, 0.5) is 0 Å². The first-order valence-electron chi connectivity index (χ1n) is 5.39. The third kappa shape index (κ3) is 2.06. The van der Waals surface area contributed by atoms with E-state index >= 15 is 0 Å². The van der Waals surface area contributed by atoms with Crippen LogP contribution in [0.5, 0.6) is 5.75 Å². The molecule has 88 valence electrons. The second kappa shape index (κ2) is 4.41. The molecule has 0 amide bonds. The number of nitrogens with zero attached hydrogens (tertiary/aromatic N) is 1. The molecule has 0 fully saturated rings. The van der Waals surface area contributed by atoms with Gasteiger partial charge in [0.05, 0.1) is 5.39 Å². The standard InChI is InChI=1S/C13H13NO3/c1-3-14-7-10-12(15)9-6-8(2)4-5-11(9)17-13(10)16/h4-7,15H,3H2,1-2H3. The van der Waals surface area contributed by atoms with Crippen LogP contribution >= 0.6 is 0 Å². The summed E-state index contributed by atoms with van der Waals surface area (Å²) in [5, 5.41) is 10.6. The lowest BCUT2D eigenvalue weighted by Gasteiger charge is -2.03. The summed E-state index contributed by atoms with van der Waals surface area (Å²) in [6.45, 7) is 4.30. The Labute approximate surface area is 98.2 Å². The number of aromatic hydroxyl groups is 1. The molecule has 2 aromatic rings. The highest BCUT2D eigenvalue weighted by atomic mass is 16.4. The zero-order valence-corrected chi connectivity index (χ0v) is 9.73. The molecule has 0 aliphatic carbocycles. The molecule has 0 radical (unpaired) electrons. The summed E-state index contributed by atoms with van der Waals surface area (Å²) >= 11 is 0. The largest absolute Gasteiger partial charge is 0.506 e. The molecule has 0 bridgehead atoms. The van der Waals surface area contributed by atoms with Gasteiger partial charge in [-0.2, -0.15) is 0 Å². The first-order chi connectivity index (χ1) is 8.13. The van der Waals surface area contributed by atoms with Crippen LogP contribution in [-0.2, 0) is 0 Å². The fraction of sp³-hybridized carbons (Fsp3) is 0.231. The molecule has 0 spiro atoms. The van der Waals surface area contributed by atoms with Gasteiger partial charge in [0.15, 0.2) is 0 Å². The van der Waals surface area contributed by atoms with Crippen LogP contribution in [0.1, 0.15) is 18.1 Å². The molecule has 1 aromatic heterocycles. The van der Waals surface area contributed by atoms with Crippen molar-refractivity contribution in [2.24, 2.45) is 4.99 Å². The molecule has 0 saturated carbocycles. The van der Waals surface area contributed by atoms with Crippen LogP contribution < -0.4 is 5.63 Å². The maximum Gasteiger partial charge on any atom is 0.348 e. The summed E-state index contributed by atoms with van der Waals surface area (Å²) in [5.74, 6) is -0.0721. The molecule has 4 nitrogen and oxygen atoms in total. The number of benzene rings is 1. The Kier molecular flexibility index (Phi) is 2.95. The lowest BCUT2D eigenvalue weighted by molar-refractivity contribution is 0.466. The van der Waals surface area contributed by atoms with Crippen LogP contribution in [0.15, 0.2) is 32.4 Å². The Hall–Kier alpha value is -2.10. The number of aryl methyl sites for hydroxylation is 1. The molecule has 1 heterocycles. The van der Waals surface area contributed by atoms with E-state index in [1.165, 1.54) is 6.21 Å². The van der Waals surface area contributed by atoms with Crippen LogP contribution in [-0.4, -0.2) is 17.9 Å². The summed E-state index contributed by atoms with van der Waals surface area (Å²) < 4.78 is 5.12. The molecule has 0 aliphatic rings. The van der Waals surface area contributed by atoms with Crippen molar-refractivity contribution < 1.29 is 9.52 Å². The predicted octanol–water partition coefficient (Wildman–Crippen LogP) is 2.25. The molecule has 0 aliphatic heterocycles. The van der Waals surface area contributed by atoms with Crippen LogP contribution in [0.25, 0.3) is 11.0 Å². The van der Waals surface area contributed by atoms with Gasteiger partial charge < -0.3 is 9.52 Å². The van der Waals surface area contributed by atoms with Gasteiger partial charge in [0.25, 0.3) is 0 Å². The van der Waals surface area contributed by atoms with E-state index in [9.17, 15) is 9.90 Å². The molecule has 0 unspecified atom stereocenters. The predicted molar refractivity (Wildman–Crippen MR) is 67.0 cm³/mol. The average Bonchev–Trinajstić information content (AvgIpc) is 2.30. The van der Waals surface area contributed by atoms with Crippen molar-refractivity contribution in [3.05, 3.63) is 39.7 Å². The van der Waals surface area contributed by atoms with Crippen molar-refractivity contribution in [3.63, 3.8) is 0 Å². The van der Waals surface area contributed by atoms with E-state index in [1.807, 2.05) is 19.9 Å². The van der Waals surface area contributed by atoms with Gasteiger partial charge in [-0.25, -0.2) is 4.79 Å². The van der Waals surface area contributed by atoms with Crippen LogP contribution in [0.2, 0.25) is 0 Å². The first kappa shape index (κ1) is 11.4. The van der Waals surface area contributed by atoms with Gasteiger partial charge in [-0.05, 0) is 26.0 Å². The summed E-state index contributed by atoms with van der Waals surface area (Å²) in [6, 6.07) is 5.27. The number of hydrogen-bond donors (Lipinski definition) is 1. The maximum atomic E-state index is 11.6. The molecule has 0 saturated heterocycles. The third-order valence-electron chi connectivity index (χ3n) is 2.47. The SMILES string of the molecule is CCN=Cc1c(O)c2cc(C)ccc2oc1=O. The lowest BCUT2D eigenvalue weighted by Crippen LogP contribution is -2.07. The Bertz CT molecular complexity index is 641. The van der Waals surface area contributed by atoms with Gasteiger partial charge in [-0.15, -0.1) is 0 Å². The molecule has 1 aromatic carbocycles. The molecule has 1 N–H and O–H groups in total. The van der Waals surface area contributed by atoms with Crippen molar-refractivity contribution in [1.82, 2.24) is 0 Å². The second-order valence-electron chi connectivity index (χ2n) is 3.78. The highest BCUT2D eigenvalue weighted by Gasteiger charge is 2.11. The van der Waals surface area contributed by atoms with Gasteiger partial charge in [-0.3, -0.25) is 4.99 Å². The van der Waals surface area contributed by atoms with Crippen molar-refractivity contribution >= 4 is 17.2 Å². The normalized spacial score (nSPS) is 11.4. The highest BCUT2D eigenvalue weighted by Crippen LogP contribution is 2.26. The van der Waals surface area contributed by atoms with Gasteiger partial charge in [0, 0.05) is 12.8 Å². The third-order valence-corrected chi connectivity index (χ3v) is 2.47. The molecule has 0 atom stereocenters. The van der Waals surface area contributed by atoms with Crippen LogP contribution in [0.3, 0.4) is 0 Å². The Morgan fingerprint density at radius 3 is 2.94 bits per heavy atom. The number of fused-ring (bicyclic) bond motifs is 1. The number of hydrogen-bond acceptors (Lipinski definition) is 4. The van der Waals surface area contributed by atoms with Gasteiger partial charge >= 0.3 is 5.63 Å². The van der Waals surface area contributed by atoms with E-state index in [-0.39, 0.29) is 11.3 Å². The van der Waals surface area contributed by atoms with Gasteiger partial charge in [0.1, 0.15) is 16.9 Å². The van der Waals surface area contributed by atoms with Gasteiger partial charge in [0.2, 0.25) is 0 Å². The summed E-state index contributed by atoms with van der Waals surface area (Å²) in [4.78, 5) is 15.6. The van der Waals surface area contributed by atoms with Crippen molar-refractivity contribution in [3.8, 4) is 5.75 Å². The second-order valence-corrected chi connectivity index (χ2v) is 3.78. The minimum absolute atomic E-state index is 0.0721. The minimum atomic E-state index is -0.573. The molecule has 2 rings (SSSR count). The average molecular weight is 231 g/mol. The van der Waals surface area contributed by atoms with Gasteiger partial charge in [-0.1, -0.05) is 11.6 Å². The Morgan fingerprint density at radius 1 is 1.47 bits per heavy atom. The zero-order chi connectivity index (χ0) is 12.4. The van der Waals surface area contributed by atoms with Crippen LogP contribution in [0, 0.1) is 6.92 Å². The minimum Gasteiger partial charge on any atom is -0.506 e. The van der Waals surface area contributed by atoms with E-state index in [0.717, 1.165) is 5.56 Å². The zero-order valence-electron chi connectivity index (χ0n) is 9.73. The summed E-state index contributed by atoms with van der Waals surface area (Å²) in [6.07, 6.45) is 1.35. The van der Waals surface area contributed by atoms with E-state index in [2.05, 4.69) is 4.99 Å². The highest BCUT2D eigenvalue weighted by molar-refractivity contribution is 5.93. The monoisotopic (exact) mass is 231 g/mol. The molecular formula is C13H13NO3. The summed E-state index contributed by atoms with van der Waals surface area (Å²) in [5.41, 5.74) is 0.896. The molecule has 4 heteroatoms. The van der Waals surface area contributed by atoms with Crippen molar-refractivity contribution in [1.29, 1.82) is 0 Å². The van der Waals surface area contributed by atoms with E-state index < -0.39 is 5.63 Å². The number of aliphatic imine (C=N–C) groups is 1. The smallest absolute Gasteiger partial charge is 0.348 e. The number of rotatable bonds is 2. The molecule has 17 heavy (non-hydrogen) atoms. The first-order valence-corrected chi connectivity index (χ1v) is 5.39. The van der Waals surface area contributed by atoms with E-state index in [4.69, 9.17) is 4.42 Å². The van der Waals surface area contributed by atoms with Crippen molar-refractivity contribution in [2.45, 2.75) is 13.8 Å². The fourth-order valence-electron chi connectivity index (χ4n) is 1.61. The Morgan fingerprint density at radius 2 is 2.24 bits per heavy atom. The maximum absolute atomic E-state index is 11.6. The van der Waals surface area contributed by atoms with E-state index in [0.29, 0.717) is 17.5 Å². The topological polar surface area (TPSA) is 62.8 Å². The van der Waals surface area contributed by atoms with Crippen molar-refractivity contribution in [2.75, 3.05) is 6.54 Å². The lowest BCUT2D eigenvalue weighted by atomic mass is 10.1. The fourth-order valence-corrected chi connectivity index (χ4v) is 1.61. The quantitative estimate of drug-likeness (QED) is 0.636. The summed E-state index contributed by atoms with van der Waals surface area (Å²) in [7, 11) is 0. The molecular weight excluding hydrogens is 218 g/mol.